The number of aromatic nitrogens is 2. The normalized spacial score (nSPS) is 16.4. The van der Waals surface area contributed by atoms with Crippen LogP contribution in [0.2, 0.25) is 0 Å². The van der Waals surface area contributed by atoms with Gasteiger partial charge in [0.15, 0.2) is 0 Å². The van der Waals surface area contributed by atoms with Gasteiger partial charge in [0.1, 0.15) is 22.8 Å². The Labute approximate surface area is 124 Å². The Morgan fingerprint density at radius 3 is 2.95 bits per heavy atom. The molecule has 0 spiro atoms. The van der Waals surface area contributed by atoms with E-state index >= 15 is 0 Å². The zero-order valence-electron chi connectivity index (χ0n) is 11.3. The van der Waals surface area contributed by atoms with Gasteiger partial charge in [-0.15, -0.1) is 0 Å². The molecule has 21 heavy (non-hydrogen) atoms. The van der Waals surface area contributed by atoms with Crippen LogP contribution in [0.25, 0.3) is 10.9 Å². The first-order valence-corrected chi connectivity index (χ1v) is 7.79. The van der Waals surface area contributed by atoms with Gasteiger partial charge >= 0.3 is 0 Å². The summed E-state index contributed by atoms with van der Waals surface area (Å²) in [5.74, 6) is 0.0464. The Hall–Kier alpha value is -1.60. The number of ether oxygens (including phenoxy) is 1. The number of aromatic hydroxyl groups is 1. The molecule has 0 saturated carbocycles. The van der Waals surface area contributed by atoms with E-state index in [9.17, 15) is 14.3 Å². The number of nitrogens with zero attached hydrogens (tertiary/aromatic N) is 1. The molecule has 2 heterocycles. The summed E-state index contributed by atoms with van der Waals surface area (Å²) in [6, 6.07) is 2.21. The Morgan fingerprint density at radius 2 is 2.19 bits per heavy atom. The van der Waals surface area contributed by atoms with Gasteiger partial charge in [-0.1, -0.05) is 0 Å². The Kier molecular flexibility index (Phi) is 4.12. The first-order chi connectivity index (χ1) is 10.1. The molecular weight excluding hydrogens is 295 g/mol. The van der Waals surface area contributed by atoms with Crippen LogP contribution in [0.15, 0.2) is 16.9 Å². The van der Waals surface area contributed by atoms with E-state index in [-0.39, 0.29) is 16.7 Å². The summed E-state index contributed by atoms with van der Waals surface area (Å²) in [6.07, 6.45) is 1.97. The van der Waals surface area contributed by atoms with Crippen molar-refractivity contribution in [3.05, 3.63) is 34.1 Å². The summed E-state index contributed by atoms with van der Waals surface area (Å²) in [6.45, 7) is 1.52. The number of phenolic OH excluding ortho intramolecular Hbond substituents is 1. The van der Waals surface area contributed by atoms with Crippen molar-refractivity contribution in [2.24, 2.45) is 0 Å². The third-order valence-electron chi connectivity index (χ3n) is 3.42. The number of aromatic amines is 1. The van der Waals surface area contributed by atoms with Crippen molar-refractivity contribution in [1.29, 1.82) is 0 Å². The first-order valence-electron chi connectivity index (χ1n) is 6.74. The lowest BCUT2D eigenvalue weighted by molar-refractivity contribution is 0.1000. The predicted molar refractivity (Wildman–Crippen MR) is 79.1 cm³/mol. The molecule has 2 aromatic rings. The molecule has 1 aliphatic rings. The van der Waals surface area contributed by atoms with Crippen LogP contribution in [0.4, 0.5) is 4.39 Å². The van der Waals surface area contributed by atoms with Crippen LogP contribution in [-0.2, 0) is 10.5 Å². The molecule has 1 aromatic carbocycles. The Morgan fingerprint density at radius 1 is 1.43 bits per heavy atom. The number of fused-ring (bicyclic) bond motifs is 1. The van der Waals surface area contributed by atoms with Crippen molar-refractivity contribution in [1.82, 2.24) is 9.97 Å². The topological polar surface area (TPSA) is 75.2 Å². The minimum absolute atomic E-state index is 0.118. The summed E-state index contributed by atoms with van der Waals surface area (Å²) in [7, 11) is 0. The standard InChI is InChI=1S/C14H15FN2O3S/c15-10-5-8(18)6-11-13(10)14(19)17-12(16-11)7-21-9-1-3-20-4-2-9/h5-6,9,18H,1-4,7H2,(H,16,17,19). The molecule has 0 radical (unpaired) electrons. The highest BCUT2D eigenvalue weighted by atomic mass is 32.2. The van der Waals surface area contributed by atoms with E-state index in [1.807, 2.05) is 0 Å². The SMILES string of the molecule is O=c1[nH]c(CSC2CCOCC2)nc2cc(O)cc(F)c12. The van der Waals surface area contributed by atoms with Crippen molar-refractivity contribution in [2.45, 2.75) is 23.8 Å². The lowest BCUT2D eigenvalue weighted by Crippen LogP contribution is -2.18. The molecule has 0 unspecified atom stereocenters. The van der Waals surface area contributed by atoms with Crippen molar-refractivity contribution >= 4 is 22.7 Å². The molecule has 0 atom stereocenters. The number of benzene rings is 1. The van der Waals surface area contributed by atoms with Crippen LogP contribution < -0.4 is 5.56 Å². The summed E-state index contributed by atoms with van der Waals surface area (Å²) in [5.41, 5.74) is -0.334. The fourth-order valence-electron chi connectivity index (χ4n) is 2.37. The van der Waals surface area contributed by atoms with Gasteiger partial charge in [-0.2, -0.15) is 11.8 Å². The van der Waals surface area contributed by atoms with Gasteiger partial charge < -0.3 is 14.8 Å². The lowest BCUT2D eigenvalue weighted by Gasteiger charge is -2.21. The molecule has 1 aliphatic heterocycles. The molecular formula is C14H15FN2O3S. The summed E-state index contributed by atoms with van der Waals surface area (Å²) < 4.78 is 19.0. The molecule has 2 N–H and O–H groups in total. The van der Waals surface area contributed by atoms with Crippen LogP contribution in [0.1, 0.15) is 18.7 Å². The zero-order chi connectivity index (χ0) is 14.8. The van der Waals surface area contributed by atoms with Gasteiger partial charge in [-0.05, 0) is 12.8 Å². The molecule has 1 aromatic heterocycles. The van der Waals surface area contributed by atoms with Gasteiger partial charge in [0.05, 0.1) is 11.3 Å². The number of phenols is 1. The molecule has 0 amide bonds. The zero-order valence-corrected chi connectivity index (χ0v) is 12.1. The molecule has 7 heteroatoms. The molecule has 0 aliphatic carbocycles. The molecule has 5 nitrogen and oxygen atoms in total. The monoisotopic (exact) mass is 310 g/mol. The van der Waals surface area contributed by atoms with Crippen LogP contribution in [0.5, 0.6) is 5.75 Å². The minimum Gasteiger partial charge on any atom is -0.508 e. The van der Waals surface area contributed by atoms with E-state index in [4.69, 9.17) is 4.74 Å². The molecule has 112 valence electrons. The Bertz CT molecular complexity index is 713. The summed E-state index contributed by atoms with van der Waals surface area (Å²) >= 11 is 1.71. The predicted octanol–water partition coefficient (Wildman–Crippen LogP) is 2.18. The average Bonchev–Trinajstić information content (AvgIpc) is 2.45. The van der Waals surface area contributed by atoms with Crippen LogP contribution >= 0.6 is 11.8 Å². The molecule has 3 rings (SSSR count). The van der Waals surface area contributed by atoms with E-state index in [1.54, 1.807) is 11.8 Å². The smallest absolute Gasteiger partial charge is 0.261 e. The highest BCUT2D eigenvalue weighted by Gasteiger charge is 2.16. The number of hydrogen-bond donors (Lipinski definition) is 2. The highest BCUT2D eigenvalue weighted by molar-refractivity contribution is 7.99. The maximum absolute atomic E-state index is 13.7. The first kappa shape index (κ1) is 14.3. The van der Waals surface area contributed by atoms with E-state index in [0.717, 1.165) is 32.1 Å². The second-order valence-corrected chi connectivity index (χ2v) is 6.25. The van der Waals surface area contributed by atoms with Crippen LogP contribution in [0, 0.1) is 5.82 Å². The second kappa shape index (κ2) is 6.03. The third kappa shape index (κ3) is 3.19. The molecule has 1 saturated heterocycles. The second-order valence-electron chi connectivity index (χ2n) is 4.96. The summed E-state index contributed by atoms with van der Waals surface area (Å²) in [4.78, 5) is 18.8. The van der Waals surface area contributed by atoms with Crippen LogP contribution in [-0.4, -0.2) is 33.5 Å². The maximum atomic E-state index is 13.7. The van der Waals surface area contributed by atoms with Crippen molar-refractivity contribution in [2.75, 3.05) is 13.2 Å². The van der Waals surface area contributed by atoms with Gasteiger partial charge in [0.25, 0.3) is 5.56 Å². The van der Waals surface area contributed by atoms with E-state index in [1.165, 1.54) is 6.07 Å². The van der Waals surface area contributed by atoms with Crippen molar-refractivity contribution in [3.63, 3.8) is 0 Å². The Balaban J connectivity index is 1.84. The highest BCUT2D eigenvalue weighted by Crippen LogP contribution is 2.25. The quantitative estimate of drug-likeness (QED) is 0.909. The third-order valence-corrected chi connectivity index (χ3v) is 4.80. The number of thioether (sulfide) groups is 1. The number of halogens is 1. The largest absolute Gasteiger partial charge is 0.508 e. The van der Waals surface area contributed by atoms with Crippen molar-refractivity contribution in [3.8, 4) is 5.75 Å². The number of hydrogen-bond acceptors (Lipinski definition) is 5. The summed E-state index contributed by atoms with van der Waals surface area (Å²) in [5, 5.41) is 9.78. The van der Waals surface area contributed by atoms with Gasteiger partial charge in [-0.25, -0.2) is 9.37 Å². The average molecular weight is 310 g/mol. The van der Waals surface area contributed by atoms with Crippen LogP contribution in [0.3, 0.4) is 0 Å². The number of nitrogens with one attached hydrogen (secondary N) is 1. The molecule has 0 bridgehead atoms. The van der Waals surface area contributed by atoms with Gasteiger partial charge in [0, 0.05) is 30.6 Å². The minimum atomic E-state index is -0.762. The van der Waals surface area contributed by atoms with E-state index in [0.29, 0.717) is 16.8 Å². The van der Waals surface area contributed by atoms with Gasteiger partial charge in [-0.3, -0.25) is 4.79 Å². The number of rotatable bonds is 3. The van der Waals surface area contributed by atoms with E-state index < -0.39 is 11.4 Å². The lowest BCUT2D eigenvalue weighted by atomic mass is 10.2. The van der Waals surface area contributed by atoms with Gasteiger partial charge in [0.2, 0.25) is 0 Å². The molecule has 1 fully saturated rings. The fourth-order valence-corrected chi connectivity index (χ4v) is 3.42. The van der Waals surface area contributed by atoms with Crippen molar-refractivity contribution < 1.29 is 14.2 Å². The van der Waals surface area contributed by atoms with E-state index in [2.05, 4.69) is 9.97 Å². The number of H-pyrrole nitrogens is 1. The maximum Gasteiger partial charge on any atom is 0.261 e. The fraction of sp³-hybridized carbons (Fsp3) is 0.429.